The molecule has 0 unspecified atom stereocenters. The lowest BCUT2D eigenvalue weighted by molar-refractivity contribution is 0.0470. The fraction of sp³-hybridized carbons (Fsp3) is 0.636. The van der Waals surface area contributed by atoms with E-state index in [4.69, 9.17) is 4.74 Å². The van der Waals surface area contributed by atoms with Crippen LogP contribution >= 0.6 is 0 Å². The second-order valence-corrected chi connectivity index (χ2v) is 7.61. The van der Waals surface area contributed by atoms with E-state index in [-0.39, 0.29) is 0 Å². The second-order valence-electron chi connectivity index (χ2n) is 7.61. The lowest BCUT2D eigenvalue weighted by Crippen LogP contribution is -2.49. The Labute approximate surface area is 165 Å². The SMILES string of the molecule is C=C(C)CN(CC)Cc1cccc(OC[C@@H](O)CN2CCN(CC)CC2)c1. The highest BCUT2D eigenvalue weighted by atomic mass is 16.5. The summed E-state index contributed by atoms with van der Waals surface area (Å²) in [7, 11) is 0. The number of nitrogens with zero attached hydrogens (tertiary/aromatic N) is 3. The zero-order chi connectivity index (χ0) is 19.6. The van der Waals surface area contributed by atoms with Gasteiger partial charge in [0.25, 0.3) is 0 Å². The third-order valence-corrected chi connectivity index (χ3v) is 5.07. The van der Waals surface area contributed by atoms with Gasteiger partial charge in [0.2, 0.25) is 0 Å². The Morgan fingerprint density at radius 3 is 2.56 bits per heavy atom. The Hall–Kier alpha value is -1.40. The summed E-state index contributed by atoms with van der Waals surface area (Å²) in [5.41, 5.74) is 2.40. The molecule has 1 aliphatic rings. The van der Waals surface area contributed by atoms with Crippen molar-refractivity contribution in [2.45, 2.75) is 33.4 Å². The van der Waals surface area contributed by atoms with Crippen molar-refractivity contribution in [3.8, 4) is 5.75 Å². The van der Waals surface area contributed by atoms with Crippen molar-refractivity contribution in [3.63, 3.8) is 0 Å². The average molecular weight is 376 g/mol. The van der Waals surface area contributed by atoms with Gasteiger partial charge in [0, 0.05) is 45.8 Å². The van der Waals surface area contributed by atoms with Gasteiger partial charge in [-0.3, -0.25) is 9.80 Å². The molecule has 1 aromatic carbocycles. The first-order chi connectivity index (χ1) is 13.0. The smallest absolute Gasteiger partial charge is 0.119 e. The second kappa shape index (κ2) is 11.4. The number of aliphatic hydroxyl groups excluding tert-OH is 1. The Morgan fingerprint density at radius 1 is 1.22 bits per heavy atom. The van der Waals surface area contributed by atoms with Crippen molar-refractivity contribution < 1.29 is 9.84 Å². The fourth-order valence-electron chi connectivity index (χ4n) is 3.48. The van der Waals surface area contributed by atoms with E-state index >= 15 is 0 Å². The van der Waals surface area contributed by atoms with E-state index in [1.165, 1.54) is 11.1 Å². The standard InChI is InChI=1S/C22H37N3O2/c1-5-23-10-12-25(13-11-23)17-21(26)18-27-22-9-7-8-20(14-22)16-24(6-2)15-19(3)4/h7-9,14,21,26H,3,5-6,10-13,15-18H2,1-2,4H3/t21-/m0/s1. The van der Waals surface area contributed by atoms with E-state index in [2.05, 4.69) is 54.2 Å². The molecule has 1 saturated heterocycles. The van der Waals surface area contributed by atoms with Crippen LogP contribution in [-0.4, -0.2) is 84.9 Å². The lowest BCUT2D eigenvalue weighted by Gasteiger charge is -2.34. The zero-order valence-corrected chi connectivity index (χ0v) is 17.4. The van der Waals surface area contributed by atoms with Crippen LogP contribution in [0.2, 0.25) is 0 Å². The minimum Gasteiger partial charge on any atom is -0.491 e. The topological polar surface area (TPSA) is 39.2 Å². The van der Waals surface area contributed by atoms with Crippen molar-refractivity contribution in [1.29, 1.82) is 0 Å². The molecule has 0 aromatic heterocycles. The van der Waals surface area contributed by atoms with Crippen LogP contribution in [0.3, 0.4) is 0 Å². The number of β-amino-alcohol motifs (C(OH)–C–C–N with tert-alkyl or cyclic N) is 1. The van der Waals surface area contributed by atoms with Gasteiger partial charge in [0.15, 0.2) is 0 Å². The maximum atomic E-state index is 10.3. The number of likely N-dealkylation sites (N-methyl/N-ethyl adjacent to an activating group) is 2. The first kappa shape index (κ1) is 21.9. The normalized spacial score (nSPS) is 17.2. The molecular formula is C22H37N3O2. The van der Waals surface area contributed by atoms with E-state index in [1.807, 2.05) is 12.1 Å². The molecular weight excluding hydrogens is 338 g/mol. The zero-order valence-electron chi connectivity index (χ0n) is 17.4. The molecule has 0 saturated carbocycles. The van der Waals surface area contributed by atoms with Gasteiger partial charge in [-0.2, -0.15) is 0 Å². The molecule has 0 radical (unpaired) electrons. The monoisotopic (exact) mass is 375 g/mol. The fourth-order valence-corrected chi connectivity index (χ4v) is 3.48. The van der Waals surface area contributed by atoms with Gasteiger partial charge >= 0.3 is 0 Å². The number of hydrogen-bond acceptors (Lipinski definition) is 5. The third kappa shape index (κ3) is 8.01. The highest BCUT2D eigenvalue weighted by Gasteiger charge is 2.18. The average Bonchev–Trinajstić information content (AvgIpc) is 2.66. The number of benzene rings is 1. The Morgan fingerprint density at radius 2 is 1.93 bits per heavy atom. The molecule has 27 heavy (non-hydrogen) atoms. The molecule has 5 nitrogen and oxygen atoms in total. The number of hydrogen-bond donors (Lipinski definition) is 1. The maximum absolute atomic E-state index is 10.3. The van der Waals surface area contributed by atoms with Crippen LogP contribution < -0.4 is 4.74 Å². The van der Waals surface area contributed by atoms with Crippen LogP contribution in [0.1, 0.15) is 26.3 Å². The Kier molecular flexibility index (Phi) is 9.28. The van der Waals surface area contributed by atoms with Crippen molar-refractivity contribution in [2.24, 2.45) is 0 Å². The van der Waals surface area contributed by atoms with E-state index < -0.39 is 6.10 Å². The molecule has 152 valence electrons. The van der Waals surface area contributed by atoms with Crippen LogP contribution in [0.5, 0.6) is 5.75 Å². The Bertz CT molecular complexity index is 570. The van der Waals surface area contributed by atoms with Crippen molar-refractivity contribution >= 4 is 0 Å². The van der Waals surface area contributed by atoms with Crippen LogP contribution in [-0.2, 0) is 6.54 Å². The molecule has 0 amide bonds. The number of ether oxygens (including phenoxy) is 1. The molecule has 1 aromatic rings. The van der Waals surface area contributed by atoms with Gasteiger partial charge in [-0.15, -0.1) is 0 Å². The highest BCUT2D eigenvalue weighted by molar-refractivity contribution is 5.28. The van der Waals surface area contributed by atoms with Crippen molar-refractivity contribution in [2.75, 3.05) is 59.0 Å². The minimum absolute atomic E-state index is 0.334. The molecule has 1 heterocycles. The predicted molar refractivity (Wildman–Crippen MR) is 112 cm³/mol. The van der Waals surface area contributed by atoms with Gasteiger partial charge in [-0.25, -0.2) is 0 Å². The quantitative estimate of drug-likeness (QED) is 0.602. The van der Waals surface area contributed by atoms with Gasteiger partial charge in [0.1, 0.15) is 18.5 Å². The summed E-state index contributed by atoms with van der Waals surface area (Å²) in [6.07, 6.45) is -0.461. The number of rotatable bonds is 11. The molecule has 5 heteroatoms. The molecule has 0 spiro atoms. The minimum atomic E-state index is -0.461. The van der Waals surface area contributed by atoms with Gasteiger partial charge in [-0.1, -0.05) is 38.1 Å². The number of piperazine rings is 1. The third-order valence-electron chi connectivity index (χ3n) is 5.07. The molecule has 2 rings (SSSR count). The summed E-state index contributed by atoms with van der Waals surface area (Å²) in [6.45, 7) is 19.6. The molecule has 1 atom stereocenters. The summed E-state index contributed by atoms with van der Waals surface area (Å²) in [4.78, 5) is 7.12. The summed E-state index contributed by atoms with van der Waals surface area (Å²) >= 11 is 0. The van der Waals surface area contributed by atoms with Crippen molar-refractivity contribution in [3.05, 3.63) is 42.0 Å². The predicted octanol–water partition coefficient (Wildman–Crippen LogP) is 2.46. The lowest BCUT2D eigenvalue weighted by atomic mass is 10.2. The van der Waals surface area contributed by atoms with Gasteiger partial charge in [-0.05, 0) is 37.7 Å². The van der Waals surface area contributed by atoms with E-state index in [0.29, 0.717) is 13.2 Å². The van der Waals surface area contributed by atoms with Gasteiger partial charge < -0.3 is 14.7 Å². The Balaban J connectivity index is 1.77. The molecule has 1 fully saturated rings. The van der Waals surface area contributed by atoms with E-state index in [9.17, 15) is 5.11 Å². The van der Waals surface area contributed by atoms with E-state index in [0.717, 1.165) is 58.1 Å². The first-order valence-electron chi connectivity index (χ1n) is 10.2. The molecule has 0 bridgehead atoms. The largest absolute Gasteiger partial charge is 0.491 e. The van der Waals surface area contributed by atoms with Crippen LogP contribution in [0.4, 0.5) is 0 Å². The van der Waals surface area contributed by atoms with Crippen LogP contribution in [0.25, 0.3) is 0 Å². The molecule has 1 N–H and O–H groups in total. The first-order valence-corrected chi connectivity index (χ1v) is 10.2. The van der Waals surface area contributed by atoms with E-state index in [1.54, 1.807) is 0 Å². The van der Waals surface area contributed by atoms with Crippen LogP contribution in [0.15, 0.2) is 36.4 Å². The summed E-state index contributed by atoms with van der Waals surface area (Å²) in [6, 6.07) is 8.19. The summed E-state index contributed by atoms with van der Waals surface area (Å²) in [5, 5.41) is 10.3. The number of aliphatic hydroxyl groups is 1. The maximum Gasteiger partial charge on any atom is 0.119 e. The highest BCUT2D eigenvalue weighted by Crippen LogP contribution is 2.16. The molecule has 1 aliphatic heterocycles. The summed E-state index contributed by atoms with van der Waals surface area (Å²) in [5.74, 6) is 0.828. The van der Waals surface area contributed by atoms with Crippen molar-refractivity contribution in [1.82, 2.24) is 14.7 Å². The summed E-state index contributed by atoms with van der Waals surface area (Å²) < 4.78 is 5.87. The van der Waals surface area contributed by atoms with Gasteiger partial charge in [0.05, 0.1) is 0 Å². The molecule has 0 aliphatic carbocycles. The van der Waals surface area contributed by atoms with Crippen LogP contribution in [0, 0.1) is 0 Å².